The van der Waals surface area contributed by atoms with Gasteiger partial charge in [-0.2, -0.15) is 14.0 Å². The largest absolute Gasteiger partial charge is 0.360 e. The molecule has 1 N–H and O–H groups in total. The van der Waals surface area contributed by atoms with Gasteiger partial charge in [0, 0.05) is 27.9 Å². The maximum absolute atomic E-state index is 12.2. The molecule has 0 fully saturated rings. The van der Waals surface area contributed by atoms with Crippen LogP contribution in [0.15, 0.2) is 40.7 Å². The van der Waals surface area contributed by atoms with Crippen molar-refractivity contribution in [2.24, 2.45) is 0 Å². The van der Waals surface area contributed by atoms with Crippen LogP contribution in [0.4, 0.5) is 14.5 Å². The van der Waals surface area contributed by atoms with Crippen LogP contribution in [-0.4, -0.2) is 10.7 Å². The molecule has 7 heteroatoms. The number of anilines is 1. The number of allylic oxidation sites excluding steroid dienone is 1. The maximum Gasteiger partial charge on any atom is 0.288 e. The second kappa shape index (κ2) is 7.20. The van der Waals surface area contributed by atoms with E-state index < -0.39 is 5.76 Å². The second-order valence-electron chi connectivity index (χ2n) is 4.01. The minimum absolute atomic E-state index is 0.430. The topological polar surface area (TPSA) is 48.7 Å². The summed E-state index contributed by atoms with van der Waals surface area (Å²) >= 11 is 1.90. The summed E-state index contributed by atoms with van der Waals surface area (Å²) in [5.41, 5.74) is 2.01. The first-order valence-corrected chi connectivity index (χ1v) is 7.68. The number of hydrogen-bond acceptors (Lipinski definition) is 5. The molecule has 1 aromatic heterocycles. The molecule has 108 valence electrons. The standard InChI is InChI=1S/C14H11F2N3S2/c1-9-8-20-13(19-9)10(6-17)7-18-11-2-4-12(5-3-11)21-14(15)16/h2-5,7-8,14,18H,1H3/b10-7+. The number of nitriles is 1. The Labute approximate surface area is 129 Å². The number of thioether (sulfide) groups is 1. The van der Waals surface area contributed by atoms with Crippen molar-refractivity contribution in [1.82, 2.24) is 4.98 Å². The van der Waals surface area contributed by atoms with Gasteiger partial charge in [0.25, 0.3) is 5.76 Å². The van der Waals surface area contributed by atoms with Crippen molar-refractivity contribution in [1.29, 1.82) is 5.26 Å². The first-order chi connectivity index (χ1) is 10.1. The highest BCUT2D eigenvalue weighted by atomic mass is 32.2. The van der Waals surface area contributed by atoms with Crippen molar-refractivity contribution in [2.45, 2.75) is 17.6 Å². The van der Waals surface area contributed by atoms with Gasteiger partial charge in [0.15, 0.2) is 0 Å². The third kappa shape index (κ3) is 4.55. The van der Waals surface area contributed by atoms with E-state index in [0.29, 0.717) is 27.2 Å². The highest BCUT2D eigenvalue weighted by Gasteiger charge is 2.06. The number of nitrogens with one attached hydrogen (secondary N) is 1. The van der Waals surface area contributed by atoms with E-state index in [1.807, 2.05) is 12.3 Å². The summed E-state index contributed by atoms with van der Waals surface area (Å²) in [6.07, 6.45) is 1.56. The van der Waals surface area contributed by atoms with Gasteiger partial charge in [-0.05, 0) is 31.2 Å². The van der Waals surface area contributed by atoms with Gasteiger partial charge in [0.1, 0.15) is 16.6 Å². The highest BCUT2D eigenvalue weighted by molar-refractivity contribution is 7.99. The number of nitrogens with zero attached hydrogens (tertiary/aromatic N) is 2. The quantitative estimate of drug-likeness (QED) is 0.637. The van der Waals surface area contributed by atoms with Crippen LogP contribution in [0.1, 0.15) is 10.7 Å². The lowest BCUT2D eigenvalue weighted by atomic mass is 10.3. The lowest BCUT2D eigenvalue weighted by Crippen LogP contribution is -1.91. The molecular formula is C14H11F2N3S2. The number of hydrogen-bond donors (Lipinski definition) is 1. The summed E-state index contributed by atoms with van der Waals surface area (Å²) in [4.78, 5) is 4.74. The molecule has 0 saturated heterocycles. The van der Waals surface area contributed by atoms with Crippen molar-refractivity contribution in [3.05, 3.63) is 46.5 Å². The molecule has 0 saturated carbocycles. The molecule has 2 rings (SSSR count). The van der Waals surface area contributed by atoms with E-state index in [4.69, 9.17) is 5.26 Å². The normalized spacial score (nSPS) is 11.5. The SMILES string of the molecule is Cc1csc(/C(C#N)=C/Nc2ccc(SC(F)F)cc2)n1. The summed E-state index contributed by atoms with van der Waals surface area (Å²) in [5.74, 6) is -2.43. The Morgan fingerprint density at radius 1 is 1.43 bits per heavy atom. The van der Waals surface area contributed by atoms with Gasteiger partial charge >= 0.3 is 0 Å². The smallest absolute Gasteiger partial charge is 0.288 e. The van der Waals surface area contributed by atoms with E-state index in [1.54, 1.807) is 30.5 Å². The Kier molecular flexibility index (Phi) is 5.31. The van der Waals surface area contributed by atoms with Crippen LogP contribution < -0.4 is 5.32 Å². The number of halogens is 2. The van der Waals surface area contributed by atoms with Crippen molar-refractivity contribution < 1.29 is 8.78 Å². The lowest BCUT2D eigenvalue weighted by molar-refractivity contribution is 0.252. The van der Waals surface area contributed by atoms with Gasteiger partial charge in [-0.1, -0.05) is 11.8 Å². The molecule has 0 aliphatic heterocycles. The van der Waals surface area contributed by atoms with Crippen LogP contribution in [0.3, 0.4) is 0 Å². The molecule has 1 heterocycles. The van der Waals surface area contributed by atoms with Gasteiger partial charge in [0.2, 0.25) is 0 Å². The van der Waals surface area contributed by atoms with Crippen molar-refractivity contribution in [3.63, 3.8) is 0 Å². The molecule has 0 aliphatic rings. The van der Waals surface area contributed by atoms with Gasteiger partial charge in [-0.3, -0.25) is 0 Å². The summed E-state index contributed by atoms with van der Waals surface area (Å²) in [6, 6.07) is 8.66. The van der Waals surface area contributed by atoms with Crippen LogP contribution in [0.5, 0.6) is 0 Å². The Bertz CT molecular complexity index is 672. The predicted molar refractivity (Wildman–Crippen MR) is 82.4 cm³/mol. The lowest BCUT2D eigenvalue weighted by Gasteiger charge is -2.03. The Morgan fingerprint density at radius 3 is 2.67 bits per heavy atom. The molecule has 0 bridgehead atoms. The van der Waals surface area contributed by atoms with Gasteiger partial charge in [-0.15, -0.1) is 11.3 Å². The van der Waals surface area contributed by atoms with E-state index in [-0.39, 0.29) is 0 Å². The minimum Gasteiger partial charge on any atom is -0.360 e. The number of rotatable bonds is 5. The molecular weight excluding hydrogens is 312 g/mol. The van der Waals surface area contributed by atoms with Crippen molar-refractivity contribution >= 4 is 34.4 Å². The Balaban J connectivity index is 2.07. The zero-order valence-corrected chi connectivity index (χ0v) is 12.6. The average Bonchev–Trinajstić information content (AvgIpc) is 2.87. The molecule has 0 unspecified atom stereocenters. The van der Waals surface area contributed by atoms with E-state index in [2.05, 4.69) is 16.4 Å². The number of benzene rings is 1. The van der Waals surface area contributed by atoms with E-state index in [0.717, 1.165) is 11.4 Å². The van der Waals surface area contributed by atoms with Crippen LogP contribution in [0, 0.1) is 18.3 Å². The molecule has 0 spiro atoms. The van der Waals surface area contributed by atoms with E-state index >= 15 is 0 Å². The predicted octanol–water partition coefficient (Wildman–Crippen LogP) is 4.74. The first kappa shape index (κ1) is 15.5. The number of aromatic nitrogens is 1. The van der Waals surface area contributed by atoms with Crippen LogP contribution >= 0.6 is 23.1 Å². The van der Waals surface area contributed by atoms with Gasteiger partial charge < -0.3 is 5.32 Å². The third-order valence-corrected chi connectivity index (χ3v) is 4.15. The zero-order chi connectivity index (χ0) is 15.2. The second-order valence-corrected chi connectivity index (χ2v) is 5.93. The Morgan fingerprint density at radius 2 is 2.14 bits per heavy atom. The zero-order valence-electron chi connectivity index (χ0n) is 11.0. The van der Waals surface area contributed by atoms with Crippen LogP contribution in [0.2, 0.25) is 0 Å². The monoisotopic (exact) mass is 323 g/mol. The number of thiazole rings is 1. The third-order valence-electron chi connectivity index (χ3n) is 2.43. The molecule has 0 atom stereocenters. The van der Waals surface area contributed by atoms with Crippen molar-refractivity contribution in [2.75, 3.05) is 5.32 Å². The van der Waals surface area contributed by atoms with Gasteiger partial charge in [-0.25, -0.2) is 4.98 Å². The van der Waals surface area contributed by atoms with E-state index in [1.165, 1.54) is 11.3 Å². The summed E-state index contributed by atoms with van der Waals surface area (Å²) in [7, 11) is 0. The molecule has 2 aromatic rings. The van der Waals surface area contributed by atoms with Gasteiger partial charge in [0.05, 0.1) is 0 Å². The fourth-order valence-corrected chi connectivity index (χ4v) is 2.77. The molecule has 0 aliphatic carbocycles. The van der Waals surface area contributed by atoms with E-state index in [9.17, 15) is 8.78 Å². The van der Waals surface area contributed by atoms with Crippen molar-refractivity contribution in [3.8, 4) is 6.07 Å². The molecule has 1 aromatic carbocycles. The average molecular weight is 323 g/mol. The summed E-state index contributed by atoms with van der Waals surface area (Å²) in [5, 5.41) is 14.6. The summed E-state index contributed by atoms with van der Waals surface area (Å²) < 4.78 is 24.4. The minimum atomic E-state index is -2.43. The number of alkyl halides is 2. The molecule has 0 radical (unpaired) electrons. The first-order valence-electron chi connectivity index (χ1n) is 5.92. The molecule has 3 nitrogen and oxygen atoms in total. The number of aryl methyl sites for hydroxylation is 1. The summed E-state index contributed by atoms with van der Waals surface area (Å²) in [6.45, 7) is 1.86. The van der Waals surface area contributed by atoms with Crippen LogP contribution in [-0.2, 0) is 0 Å². The molecule has 0 amide bonds. The highest BCUT2D eigenvalue weighted by Crippen LogP contribution is 2.26. The van der Waals surface area contributed by atoms with Crippen LogP contribution in [0.25, 0.3) is 5.57 Å². The fourth-order valence-electron chi connectivity index (χ4n) is 1.51. The fraction of sp³-hybridized carbons (Fsp3) is 0.143. The Hall–Kier alpha value is -1.91. The maximum atomic E-state index is 12.2. The molecule has 21 heavy (non-hydrogen) atoms.